The SMILES string of the molecule is CC(c1cc(=O)[nH]c(NCCN2CCCC2=O)n1)n1ncc2ccccc2c1=O. The quantitative estimate of drug-likeness (QED) is 0.648. The first-order valence-corrected chi connectivity index (χ1v) is 9.62. The van der Waals surface area contributed by atoms with Crippen LogP contribution in [0.4, 0.5) is 5.95 Å². The fourth-order valence-electron chi connectivity index (χ4n) is 3.53. The minimum Gasteiger partial charge on any atom is -0.354 e. The zero-order valence-electron chi connectivity index (χ0n) is 16.1. The Labute approximate surface area is 166 Å². The van der Waals surface area contributed by atoms with E-state index in [9.17, 15) is 14.4 Å². The van der Waals surface area contributed by atoms with E-state index in [0.29, 0.717) is 36.5 Å². The molecule has 2 N–H and O–H groups in total. The maximum atomic E-state index is 12.8. The number of H-pyrrole nitrogens is 1. The summed E-state index contributed by atoms with van der Waals surface area (Å²) in [5.74, 6) is 0.456. The molecule has 1 aliphatic rings. The van der Waals surface area contributed by atoms with Gasteiger partial charge in [-0.15, -0.1) is 0 Å². The molecular weight excluding hydrogens is 372 g/mol. The molecule has 0 spiro atoms. The predicted molar refractivity (Wildman–Crippen MR) is 109 cm³/mol. The Morgan fingerprint density at radius 2 is 2.07 bits per heavy atom. The lowest BCUT2D eigenvalue weighted by molar-refractivity contribution is -0.127. The Morgan fingerprint density at radius 1 is 1.24 bits per heavy atom. The van der Waals surface area contributed by atoms with Crippen molar-refractivity contribution in [2.45, 2.75) is 25.8 Å². The van der Waals surface area contributed by atoms with E-state index >= 15 is 0 Å². The van der Waals surface area contributed by atoms with Crippen LogP contribution in [0.15, 0.2) is 46.1 Å². The van der Waals surface area contributed by atoms with Crippen LogP contribution >= 0.6 is 0 Å². The van der Waals surface area contributed by atoms with Gasteiger partial charge in [0.25, 0.3) is 11.1 Å². The van der Waals surface area contributed by atoms with E-state index in [1.165, 1.54) is 10.7 Å². The molecule has 1 unspecified atom stereocenters. The zero-order valence-corrected chi connectivity index (χ0v) is 16.1. The monoisotopic (exact) mass is 394 g/mol. The van der Waals surface area contributed by atoms with E-state index in [-0.39, 0.29) is 17.0 Å². The summed E-state index contributed by atoms with van der Waals surface area (Å²) in [6, 6.07) is 8.08. The molecule has 29 heavy (non-hydrogen) atoms. The second kappa shape index (κ2) is 7.86. The van der Waals surface area contributed by atoms with Crippen molar-refractivity contribution in [3.8, 4) is 0 Å². The third kappa shape index (κ3) is 3.89. The molecule has 1 aromatic carbocycles. The largest absolute Gasteiger partial charge is 0.354 e. The highest BCUT2D eigenvalue weighted by Gasteiger charge is 2.19. The molecule has 9 nitrogen and oxygen atoms in total. The Balaban J connectivity index is 1.55. The fraction of sp³-hybridized carbons (Fsp3) is 0.350. The van der Waals surface area contributed by atoms with E-state index < -0.39 is 6.04 Å². The van der Waals surface area contributed by atoms with Gasteiger partial charge >= 0.3 is 0 Å². The molecule has 1 atom stereocenters. The Morgan fingerprint density at radius 3 is 2.86 bits per heavy atom. The number of aromatic amines is 1. The molecule has 1 saturated heterocycles. The fourth-order valence-corrected chi connectivity index (χ4v) is 3.53. The van der Waals surface area contributed by atoms with Gasteiger partial charge < -0.3 is 10.2 Å². The number of nitrogens with zero attached hydrogens (tertiary/aromatic N) is 4. The van der Waals surface area contributed by atoms with E-state index in [0.717, 1.165) is 18.4 Å². The summed E-state index contributed by atoms with van der Waals surface area (Å²) in [5.41, 5.74) is -0.131. The van der Waals surface area contributed by atoms with E-state index in [4.69, 9.17) is 0 Å². The summed E-state index contributed by atoms with van der Waals surface area (Å²) in [6.45, 7) is 3.56. The normalized spacial score (nSPS) is 15.1. The molecule has 9 heteroatoms. The van der Waals surface area contributed by atoms with Gasteiger partial charge in [-0.3, -0.25) is 19.4 Å². The lowest BCUT2D eigenvalue weighted by Gasteiger charge is -2.17. The molecular formula is C20H22N6O3. The van der Waals surface area contributed by atoms with Gasteiger partial charge in [0.1, 0.15) is 0 Å². The highest BCUT2D eigenvalue weighted by atomic mass is 16.2. The first kappa shape index (κ1) is 18.9. The van der Waals surface area contributed by atoms with Crippen molar-refractivity contribution in [2.24, 2.45) is 0 Å². The maximum Gasteiger partial charge on any atom is 0.275 e. The highest BCUT2D eigenvalue weighted by molar-refractivity contribution is 5.80. The van der Waals surface area contributed by atoms with Crippen molar-refractivity contribution < 1.29 is 4.79 Å². The predicted octanol–water partition coefficient (Wildman–Crippen LogP) is 1.12. The lowest BCUT2D eigenvalue weighted by atomic mass is 10.2. The molecule has 0 bridgehead atoms. The summed E-state index contributed by atoms with van der Waals surface area (Å²) in [5, 5.41) is 8.63. The zero-order chi connectivity index (χ0) is 20.4. The third-order valence-electron chi connectivity index (χ3n) is 5.12. The molecule has 150 valence electrons. The molecule has 1 aliphatic heterocycles. The van der Waals surface area contributed by atoms with Gasteiger partial charge in [0, 0.05) is 37.5 Å². The molecule has 0 radical (unpaired) electrons. The number of anilines is 1. The van der Waals surface area contributed by atoms with Gasteiger partial charge in [0.15, 0.2) is 0 Å². The van der Waals surface area contributed by atoms with Crippen molar-refractivity contribution in [1.82, 2.24) is 24.6 Å². The van der Waals surface area contributed by atoms with Crippen LogP contribution in [0, 0.1) is 0 Å². The van der Waals surface area contributed by atoms with Gasteiger partial charge in [0.05, 0.1) is 23.3 Å². The number of carbonyl (C=O) groups excluding carboxylic acids is 1. The van der Waals surface area contributed by atoms with Gasteiger partial charge in [-0.1, -0.05) is 18.2 Å². The summed E-state index contributed by atoms with van der Waals surface area (Å²) in [6.07, 6.45) is 3.11. The van der Waals surface area contributed by atoms with Gasteiger partial charge in [-0.05, 0) is 19.4 Å². The van der Waals surface area contributed by atoms with Crippen LogP contribution in [0.2, 0.25) is 0 Å². The van der Waals surface area contributed by atoms with Crippen LogP contribution < -0.4 is 16.4 Å². The lowest BCUT2D eigenvalue weighted by Crippen LogP contribution is -2.31. The number of hydrogen-bond donors (Lipinski definition) is 2. The number of likely N-dealkylation sites (tertiary alicyclic amines) is 1. The summed E-state index contributed by atoms with van der Waals surface area (Å²) in [4.78, 5) is 45.5. The smallest absolute Gasteiger partial charge is 0.275 e. The van der Waals surface area contributed by atoms with E-state index in [2.05, 4.69) is 20.4 Å². The molecule has 2 aromatic heterocycles. The summed E-state index contributed by atoms with van der Waals surface area (Å²) >= 11 is 0. The molecule has 4 rings (SSSR count). The Bertz CT molecular complexity index is 1170. The molecule has 0 aliphatic carbocycles. The van der Waals surface area contributed by atoms with Crippen molar-refractivity contribution >= 4 is 22.6 Å². The molecule has 1 fully saturated rings. The average molecular weight is 394 g/mol. The van der Waals surface area contributed by atoms with Gasteiger partial charge in [-0.2, -0.15) is 5.10 Å². The number of benzene rings is 1. The standard InChI is InChI=1S/C20H22N6O3/c1-13(26-19(29)15-6-3-2-5-14(15)12-22-26)16-11-17(27)24-20(23-16)21-8-10-25-9-4-7-18(25)28/h2-3,5-6,11-13H,4,7-10H2,1H3,(H2,21,23,24,27). The number of nitrogens with one attached hydrogen (secondary N) is 2. The topological polar surface area (TPSA) is 113 Å². The van der Waals surface area contributed by atoms with Crippen molar-refractivity contribution in [3.05, 3.63) is 62.9 Å². The van der Waals surface area contributed by atoms with Gasteiger partial charge in [-0.25, -0.2) is 9.67 Å². The minimum atomic E-state index is -0.518. The summed E-state index contributed by atoms with van der Waals surface area (Å²) < 4.78 is 1.33. The van der Waals surface area contributed by atoms with E-state index in [1.807, 2.05) is 12.1 Å². The molecule has 3 aromatic rings. The van der Waals surface area contributed by atoms with Crippen molar-refractivity contribution in [1.29, 1.82) is 0 Å². The molecule has 3 heterocycles. The van der Waals surface area contributed by atoms with Crippen LogP contribution in [-0.4, -0.2) is 50.2 Å². The van der Waals surface area contributed by atoms with Crippen LogP contribution in [0.1, 0.15) is 31.5 Å². The first-order chi connectivity index (χ1) is 14.0. The number of fused-ring (bicyclic) bond motifs is 1. The first-order valence-electron chi connectivity index (χ1n) is 9.62. The summed E-state index contributed by atoms with van der Waals surface area (Å²) in [7, 11) is 0. The highest BCUT2D eigenvalue weighted by Crippen LogP contribution is 2.15. The number of hydrogen-bond acceptors (Lipinski definition) is 6. The van der Waals surface area contributed by atoms with Crippen LogP contribution in [0.3, 0.4) is 0 Å². The number of aromatic nitrogens is 4. The number of carbonyl (C=O) groups is 1. The van der Waals surface area contributed by atoms with Crippen LogP contribution in [-0.2, 0) is 4.79 Å². The average Bonchev–Trinajstić information content (AvgIpc) is 3.12. The minimum absolute atomic E-state index is 0.150. The Kier molecular flexibility index (Phi) is 5.11. The molecule has 0 saturated carbocycles. The van der Waals surface area contributed by atoms with Crippen LogP contribution in [0.25, 0.3) is 10.8 Å². The molecule has 1 amide bonds. The number of amides is 1. The van der Waals surface area contributed by atoms with Crippen molar-refractivity contribution in [3.63, 3.8) is 0 Å². The Hall–Kier alpha value is -3.49. The second-order valence-electron chi connectivity index (χ2n) is 7.09. The van der Waals surface area contributed by atoms with Gasteiger partial charge in [0.2, 0.25) is 11.9 Å². The third-order valence-corrected chi connectivity index (χ3v) is 5.12. The maximum absolute atomic E-state index is 12.8. The second-order valence-corrected chi connectivity index (χ2v) is 7.09. The van der Waals surface area contributed by atoms with Crippen molar-refractivity contribution in [2.75, 3.05) is 25.0 Å². The van der Waals surface area contributed by atoms with Crippen LogP contribution in [0.5, 0.6) is 0 Å². The number of rotatable bonds is 6. The van der Waals surface area contributed by atoms with E-state index in [1.54, 1.807) is 30.2 Å².